The second-order valence-electron chi connectivity index (χ2n) is 7.96. The Labute approximate surface area is 225 Å². The summed E-state index contributed by atoms with van der Waals surface area (Å²) in [5, 5.41) is 6.17. The van der Waals surface area contributed by atoms with Gasteiger partial charge in [0.05, 0.1) is 5.56 Å². The second kappa shape index (κ2) is 9.49. The van der Waals surface area contributed by atoms with Crippen molar-refractivity contribution in [2.75, 3.05) is 0 Å². The van der Waals surface area contributed by atoms with Crippen LogP contribution in [0.5, 0.6) is 0 Å². The molecule has 0 unspecified atom stereocenters. The first-order chi connectivity index (χ1) is 17.2. The molecule has 2 nitrogen and oxygen atoms in total. The van der Waals surface area contributed by atoms with E-state index in [9.17, 15) is 25.2 Å². The summed E-state index contributed by atoms with van der Waals surface area (Å²) in [4.78, 5) is 0. The van der Waals surface area contributed by atoms with E-state index in [1.54, 1.807) is 0 Å². The Kier molecular flexibility index (Phi) is 6.99. The van der Waals surface area contributed by atoms with E-state index in [1.165, 1.54) is 5.56 Å². The summed E-state index contributed by atoms with van der Waals surface area (Å²) < 4.78 is 63.4. The number of hydrogen-bond acceptors (Lipinski definition) is 1. The van der Waals surface area contributed by atoms with Crippen molar-refractivity contribution in [3.63, 3.8) is 0 Å². The van der Waals surface area contributed by atoms with E-state index in [4.69, 9.17) is 5.10 Å². The van der Waals surface area contributed by atoms with Gasteiger partial charge >= 0.3 is 33.0 Å². The van der Waals surface area contributed by atoms with Crippen molar-refractivity contribution < 1.29 is 29.9 Å². The summed E-state index contributed by atoms with van der Waals surface area (Å²) in [5.74, 6) is 0. The summed E-state index contributed by atoms with van der Waals surface area (Å²) in [7, 11) is -10.7. The predicted molar refractivity (Wildman–Crippen MR) is 143 cm³/mol. The first-order valence-electron chi connectivity index (χ1n) is 10.6. The third-order valence-corrected chi connectivity index (χ3v) is 6.14. The van der Waals surface area contributed by atoms with Crippen LogP contribution in [-0.2, 0) is 0 Å². The zero-order chi connectivity index (χ0) is 26.9. The van der Waals surface area contributed by atoms with Gasteiger partial charge in [-0.3, -0.25) is 0 Å². The number of aromatic nitrogens is 2. The van der Waals surface area contributed by atoms with E-state index in [0.29, 0.717) is 0 Å². The Balaban J connectivity index is 0.000000405. The topological polar surface area (TPSA) is 16.8 Å². The normalized spacial score (nSPS) is 13.3. The number of benzene rings is 4. The van der Waals surface area contributed by atoms with Crippen LogP contribution >= 0.6 is 39.7 Å². The van der Waals surface area contributed by atoms with Gasteiger partial charge < -0.3 is 0 Å². The van der Waals surface area contributed by atoms with Crippen LogP contribution in [0, 0.1) is 0 Å². The molecule has 0 atom stereocenters. The fourth-order valence-electron chi connectivity index (χ4n) is 3.70. The Bertz CT molecular complexity index is 1550. The van der Waals surface area contributed by atoms with E-state index < -0.39 is 7.81 Å². The van der Waals surface area contributed by atoms with Crippen LogP contribution in [0.15, 0.2) is 112 Å². The number of para-hydroxylation sites is 1. The van der Waals surface area contributed by atoms with E-state index in [1.807, 2.05) is 24.3 Å². The molecule has 0 radical (unpaired) electrons. The molecular weight excluding hydrogens is 645 g/mol. The van der Waals surface area contributed by atoms with Gasteiger partial charge in [-0.05, 0) is 52.7 Å². The molecule has 11 heteroatoms. The van der Waals surface area contributed by atoms with E-state index >= 15 is 0 Å². The van der Waals surface area contributed by atoms with Crippen molar-refractivity contribution in [2.24, 2.45) is 0 Å². The van der Waals surface area contributed by atoms with Crippen LogP contribution in [0.1, 0.15) is 0 Å². The Morgan fingerprint density at radius 3 is 1.57 bits per heavy atom. The third kappa shape index (κ3) is 7.84. The zero-order valence-electron chi connectivity index (χ0n) is 18.7. The van der Waals surface area contributed by atoms with Crippen LogP contribution in [0.3, 0.4) is 0 Å². The molecule has 0 amide bonds. The summed E-state index contributed by atoms with van der Waals surface area (Å²) in [6.45, 7) is 0. The molecule has 1 aromatic heterocycles. The molecule has 0 aliphatic carbocycles. The molecule has 1 heterocycles. The van der Waals surface area contributed by atoms with Crippen molar-refractivity contribution in [3.05, 3.63) is 112 Å². The molecule has 0 spiro atoms. The van der Waals surface area contributed by atoms with Gasteiger partial charge in [-0.1, -0.05) is 80.4 Å². The van der Waals surface area contributed by atoms with E-state index in [-0.39, 0.29) is 0 Å². The molecule has 0 bridgehead atoms. The molecule has 5 aromatic rings. The Morgan fingerprint density at radius 2 is 1.03 bits per heavy atom. The van der Waals surface area contributed by atoms with Gasteiger partial charge in [0.15, 0.2) is 0 Å². The fourth-order valence-corrected chi connectivity index (χ4v) is 4.23. The molecule has 0 N–H and O–H groups in total. The molecule has 0 saturated carbocycles. The number of nitrogens with zero attached hydrogens (tertiary/aromatic N) is 2. The first-order valence-corrected chi connectivity index (χ1v) is 14.3. The third-order valence-electron chi connectivity index (χ3n) is 5.08. The fraction of sp³-hybridized carbons (Fsp3) is 0. The average Bonchev–Trinajstić information content (AvgIpc) is 2.83. The molecule has 192 valence electrons. The molecule has 0 fully saturated rings. The van der Waals surface area contributed by atoms with Crippen molar-refractivity contribution >= 4 is 50.6 Å². The molecule has 5 rings (SSSR count). The Hall–Kier alpha value is -2.81. The molecule has 0 aliphatic rings. The summed E-state index contributed by atoms with van der Waals surface area (Å²) in [6.07, 6.45) is 0. The number of fused-ring (bicyclic) bond motifs is 1. The molecule has 0 saturated heterocycles. The monoisotopic (exact) mass is 660 g/mol. The van der Waals surface area contributed by atoms with Crippen molar-refractivity contribution in [2.45, 2.75) is 0 Å². The predicted octanol–water partition coefficient (Wildman–Crippen LogP) is 10.8. The van der Waals surface area contributed by atoms with Gasteiger partial charge in [0.1, 0.15) is 5.52 Å². The van der Waals surface area contributed by atoms with Gasteiger partial charge in [-0.15, -0.1) is 0 Å². The van der Waals surface area contributed by atoms with Crippen molar-refractivity contribution in [1.82, 2.24) is 5.10 Å². The number of halogens is 8. The van der Waals surface area contributed by atoms with Crippen LogP contribution in [0.2, 0.25) is 0 Å². The van der Waals surface area contributed by atoms with Gasteiger partial charge in [-0.25, -0.2) is 0 Å². The Morgan fingerprint density at radius 1 is 0.568 bits per heavy atom. The number of hydrogen-bond donors (Lipinski definition) is 0. The minimum atomic E-state index is -10.7. The zero-order valence-corrected chi connectivity index (χ0v) is 22.7. The summed E-state index contributed by atoms with van der Waals surface area (Å²) >= 11 is 7.13. The summed E-state index contributed by atoms with van der Waals surface area (Å²) in [5.41, 5.74) is 6.48. The van der Waals surface area contributed by atoms with Gasteiger partial charge in [0.2, 0.25) is 5.69 Å². The van der Waals surface area contributed by atoms with E-state index in [2.05, 4.69) is 115 Å². The van der Waals surface area contributed by atoms with Crippen LogP contribution < -0.4 is 4.68 Å². The average molecular weight is 662 g/mol. The quantitative estimate of drug-likeness (QED) is 0.107. The second-order valence-corrected chi connectivity index (χ2v) is 11.7. The standard InChI is InChI=1S/C26H17Br2N2.F6P/c27-20-14-10-18(11-15-20)25-23-8-4-5-9-24(23)29-30(22-6-2-1-3-7-22)26(25)19-12-16-21(28)17-13-19;1-7(2,3,4,5)6/h1-17H;/q+1;-1. The maximum absolute atomic E-state index is 10.7. The van der Waals surface area contributed by atoms with Gasteiger partial charge in [0, 0.05) is 37.1 Å². The minimum absolute atomic E-state index is 0.958. The SMILES string of the molecule is Brc1ccc(-c2c(-c3ccc(Br)cc3)[n+](-c3ccccc3)nc3ccccc23)cc1.F[P-](F)(F)(F)(F)F. The molecular formula is C26H17Br2F6N2P. The molecule has 0 aliphatic heterocycles. The van der Waals surface area contributed by atoms with Crippen molar-refractivity contribution in [3.8, 4) is 28.1 Å². The van der Waals surface area contributed by atoms with Gasteiger partial charge in [-0.2, -0.15) is 0 Å². The van der Waals surface area contributed by atoms with E-state index in [0.717, 1.165) is 42.4 Å². The van der Waals surface area contributed by atoms with Crippen LogP contribution in [-0.4, -0.2) is 5.10 Å². The molecule has 4 aromatic carbocycles. The summed E-state index contributed by atoms with van der Waals surface area (Å²) in [6, 6.07) is 35.5. The first kappa shape index (κ1) is 27.2. The molecule has 37 heavy (non-hydrogen) atoms. The van der Waals surface area contributed by atoms with Crippen LogP contribution in [0.4, 0.5) is 25.2 Å². The number of rotatable bonds is 3. The van der Waals surface area contributed by atoms with Crippen molar-refractivity contribution in [1.29, 1.82) is 0 Å². The van der Waals surface area contributed by atoms with Crippen LogP contribution in [0.25, 0.3) is 39.0 Å². The maximum atomic E-state index is 9.87. The van der Waals surface area contributed by atoms with Gasteiger partial charge in [0.25, 0.3) is 5.69 Å².